The Kier molecular flexibility index (Phi) is 4.40. The van der Waals surface area contributed by atoms with Crippen molar-refractivity contribution < 1.29 is 4.74 Å². The molecule has 0 aliphatic carbocycles. The van der Waals surface area contributed by atoms with Gasteiger partial charge in [-0.2, -0.15) is 0 Å². The maximum absolute atomic E-state index is 6.14. The Bertz CT molecular complexity index is 584. The molecule has 0 saturated heterocycles. The minimum atomic E-state index is 0.575. The van der Waals surface area contributed by atoms with Gasteiger partial charge in [0.25, 0.3) is 0 Å². The number of aryl methyl sites for hydroxylation is 2. The molecule has 1 heterocycles. The second kappa shape index (κ2) is 6.04. The topological polar surface area (TPSA) is 48.1 Å². The van der Waals surface area contributed by atoms with Gasteiger partial charge in [-0.05, 0) is 56.1 Å². The molecule has 0 aliphatic heterocycles. The minimum absolute atomic E-state index is 0.575. The van der Waals surface area contributed by atoms with Crippen molar-refractivity contribution in [3.63, 3.8) is 0 Å². The van der Waals surface area contributed by atoms with E-state index in [4.69, 9.17) is 22.1 Å². The Morgan fingerprint density at radius 1 is 1.26 bits per heavy atom. The van der Waals surface area contributed by atoms with E-state index in [9.17, 15) is 0 Å². The van der Waals surface area contributed by atoms with Crippen LogP contribution >= 0.6 is 11.6 Å². The zero-order valence-electron chi connectivity index (χ0n) is 11.1. The molecule has 0 unspecified atom stereocenters. The van der Waals surface area contributed by atoms with Crippen LogP contribution in [0.15, 0.2) is 30.5 Å². The third-order valence-electron chi connectivity index (χ3n) is 2.81. The maximum Gasteiger partial charge on any atom is 0.222 e. The molecule has 0 bridgehead atoms. The molecular formula is C15H17ClN2O. The van der Waals surface area contributed by atoms with Gasteiger partial charge < -0.3 is 10.5 Å². The zero-order valence-corrected chi connectivity index (χ0v) is 11.9. The molecule has 100 valence electrons. The lowest BCUT2D eigenvalue weighted by Gasteiger charge is -2.10. The van der Waals surface area contributed by atoms with Crippen molar-refractivity contribution >= 4 is 11.6 Å². The fraction of sp³-hybridized carbons (Fsp3) is 0.267. The van der Waals surface area contributed by atoms with Crippen molar-refractivity contribution in [2.75, 3.05) is 6.54 Å². The van der Waals surface area contributed by atoms with Gasteiger partial charge in [0.05, 0.1) is 5.02 Å². The highest BCUT2D eigenvalue weighted by atomic mass is 35.5. The molecule has 0 aliphatic rings. The van der Waals surface area contributed by atoms with E-state index >= 15 is 0 Å². The monoisotopic (exact) mass is 276 g/mol. The summed E-state index contributed by atoms with van der Waals surface area (Å²) in [6, 6.07) is 7.72. The molecular weight excluding hydrogens is 260 g/mol. The molecule has 2 rings (SSSR count). The quantitative estimate of drug-likeness (QED) is 0.927. The fourth-order valence-electron chi connectivity index (χ4n) is 1.82. The number of halogens is 1. The zero-order chi connectivity index (χ0) is 13.8. The Labute approximate surface area is 118 Å². The summed E-state index contributed by atoms with van der Waals surface area (Å²) in [6.07, 6.45) is 2.61. The Hall–Kier alpha value is -1.58. The van der Waals surface area contributed by atoms with Crippen molar-refractivity contribution in [3.05, 3.63) is 52.2 Å². The molecule has 0 saturated carbocycles. The summed E-state index contributed by atoms with van der Waals surface area (Å²) in [6.45, 7) is 4.57. The molecule has 3 nitrogen and oxygen atoms in total. The number of aromatic nitrogens is 1. The molecule has 4 heteroatoms. The summed E-state index contributed by atoms with van der Waals surface area (Å²) >= 11 is 6.14. The van der Waals surface area contributed by atoms with E-state index in [0.717, 1.165) is 23.1 Å². The first-order valence-electron chi connectivity index (χ1n) is 6.19. The molecule has 19 heavy (non-hydrogen) atoms. The molecule has 0 fully saturated rings. The molecule has 2 aromatic rings. The highest BCUT2D eigenvalue weighted by Crippen LogP contribution is 2.30. The van der Waals surface area contributed by atoms with Gasteiger partial charge >= 0.3 is 0 Å². The summed E-state index contributed by atoms with van der Waals surface area (Å²) in [5.41, 5.74) is 8.72. The normalized spacial score (nSPS) is 10.5. The number of benzene rings is 1. The van der Waals surface area contributed by atoms with Gasteiger partial charge in [0.2, 0.25) is 5.88 Å². The second-order valence-electron chi connectivity index (χ2n) is 4.54. The summed E-state index contributed by atoms with van der Waals surface area (Å²) < 4.78 is 5.75. The number of ether oxygens (including phenoxy) is 1. The lowest BCUT2D eigenvalue weighted by molar-refractivity contribution is 0.458. The molecule has 0 radical (unpaired) electrons. The Morgan fingerprint density at radius 3 is 2.68 bits per heavy atom. The van der Waals surface area contributed by atoms with Crippen molar-refractivity contribution in [3.8, 4) is 11.6 Å². The number of hydrogen-bond acceptors (Lipinski definition) is 3. The maximum atomic E-state index is 6.14. The largest absolute Gasteiger partial charge is 0.437 e. The number of pyridine rings is 1. The summed E-state index contributed by atoms with van der Waals surface area (Å²) in [5.74, 6) is 1.20. The average Bonchev–Trinajstić information content (AvgIpc) is 2.36. The van der Waals surface area contributed by atoms with E-state index in [1.165, 1.54) is 0 Å². The first-order chi connectivity index (χ1) is 9.10. The van der Waals surface area contributed by atoms with Crippen LogP contribution in [0, 0.1) is 13.8 Å². The Balaban J connectivity index is 2.23. The summed E-state index contributed by atoms with van der Waals surface area (Å²) in [4.78, 5) is 4.32. The SMILES string of the molecule is Cc1ccc(Oc2ncc(CCN)cc2C)c(Cl)c1. The van der Waals surface area contributed by atoms with Gasteiger partial charge in [-0.25, -0.2) is 4.98 Å². The predicted molar refractivity (Wildman–Crippen MR) is 78.0 cm³/mol. The van der Waals surface area contributed by atoms with Gasteiger partial charge in [-0.15, -0.1) is 0 Å². The van der Waals surface area contributed by atoms with Crippen LogP contribution in [0.2, 0.25) is 5.02 Å². The third-order valence-corrected chi connectivity index (χ3v) is 3.11. The third kappa shape index (κ3) is 3.46. The minimum Gasteiger partial charge on any atom is -0.437 e. The van der Waals surface area contributed by atoms with Crippen molar-refractivity contribution in [2.45, 2.75) is 20.3 Å². The van der Waals surface area contributed by atoms with Crippen LogP contribution in [0.1, 0.15) is 16.7 Å². The van der Waals surface area contributed by atoms with Gasteiger partial charge in [-0.1, -0.05) is 17.7 Å². The van der Waals surface area contributed by atoms with Crippen LogP contribution in [-0.4, -0.2) is 11.5 Å². The highest BCUT2D eigenvalue weighted by Gasteiger charge is 2.07. The van der Waals surface area contributed by atoms with E-state index in [1.807, 2.05) is 38.1 Å². The number of hydrogen-bond donors (Lipinski definition) is 1. The number of nitrogens with zero attached hydrogens (tertiary/aromatic N) is 1. The van der Waals surface area contributed by atoms with Crippen LogP contribution in [0.5, 0.6) is 11.6 Å². The van der Waals surface area contributed by atoms with E-state index in [2.05, 4.69) is 4.98 Å². The van der Waals surface area contributed by atoms with Crippen LogP contribution in [-0.2, 0) is 6.42 Å². The smallest absolute Gasteiger partial charge is 0.222 e. The van der Waals surface area contributed by atoms with Crippen LogP contribution in [0.3, 0.4) is 0 Å². The van der Waals surface area contributed by atoms with Gasteiger partial charge in [0, 0.05) is 11.8 Å². The van der Waals surface area contributed by atoms with E-state index in [0.29, 0.717) is 23.2 Å². The highest BCUT2D eigenvalue weighted by molar-refractivity contribution is 6.32. The lowest BCUT2D eigenvalue weighted by atomic mass is 10.1. The van der Waals surface area contributed by atoms with E-state index in [1.54, 1.807) is 6.20 Å². The molecule has 1 aromatic carbocycles. The van der Waals surface area contributed by atoms with Crippen molar-refractivity contribution in [1.29, 1.82) is 0 Å². The van der Waals surface area contributed by atoms with E-state index in [-0.39, 0.29) is 0 Å². The van der Waals surface area contributed by atoms with Gasteiger partial charge in [0.15, 0.2) is 0 Å². The summed E-state index contributed by atoms with van der Waals surface area (Å²) in [5, 5.41) is 0.590. The lowest BCUT2D eigenvalue weighted by Crippen LogP contribution is -2.03. The number of rotatable bonds is 4. The first-order valence-corrected chi connectivity index (χ1v) is 6.57. The van der Waals surface area contributed by atoms with Crippen molar-refractivity contribution in [1.82, 2.24) is 4.98 Å². The predicted octanol–water partition coefficient (Wildman–Crippen LogP) is 3.65. The molecule has 0 spiro atoms. The van der Waals surface area contributed by atoms with E-state index < -0.39 is 0 Å². The van der Waals surface area contributed by atoms with Gasteiger partial charge in [0.1, 0.15) is 5.75 Å². The standard InChI is InChI=1S/C15H17ClN2O/c1-10-3-4-14(13(16)7-10)19-15-11(2)8-12(5-6-17)9-18-15/h3-4,7-9H,5-6,17H2,1-2H3. The fourth-order valence-corrected chi connectivity index (χ4v) is 2.10. The van der Waals surface area contributed by atoms with Gasteiger partial charge in [-0.3, -0.25) is 0 Å². The summed E-state index contributed by atoms with van der Waals surface area (Å²) in [7, 11) is 0. The second-order valence-corrected chi connectivity index (χ2v) is 4.95. The van der Waals surface area contributed by atoms with Crippen LogP contribution < -0.4 is 10.5 Å². The molecule has 0 amide bonds. The van der Waals surface area contributed by atoms with Crippen molar-refractivity contribution in [2.24, 2.45) is 5.73 Å². The number of nitrogens with two attached hydrogens (primary N) is 1. The van der Waals surface area contributed by atoms with Crippen LogP contribution in [0.4, 0.5) is 0 Å². The average molecular weight is 277 g/mol. The molecule has 0 atom stereocenters. The first kappa shape index (κ1) is 13.8. The van der Waals surface area contributed by atoms with Crippen LogP contribution in [0.25, 0.3) is 0 Å². The Morgan fingerprint density at radius 2 is 2.05 bits per heavy atom. The molecule has 1 aromatic heterocycles. The molecule has 2 N–H and O–H groups in total.